The number of aliphatic hydroxyl groups excluding tert-OH is 1. The van der Waals surface area contributed by atoms with Gasteiger partial charge in [-0.2, -0.15) is 0 Å². The SMILES string of the molecule is C=CCOC(=O)CNC(=O)[C@@H](C[C@H](O)CCN=[N+]=[N-])NC(=O)OC(C)(C)C. The summed E-state index contributed by atoms with van der Waals surface area (Å²) < 4.78 is 9.83. The Hall–Kier alpha value is -2.78. The molecule has 27 heavy (non-hydrogen) atoms. The summed E-state index contributed by atoms with van der Waals surface area (Å²) in [4.78, 5) is 38.2. The fourth-order valence-electron chi connectivity index (χ4n) is 1.81. The standard InChI is InChI=1S/C16H27N5O6/c1-5-8-26-13(23)10-18-14(24)12(9-11(22)6-7-19-21-17)20-15(25)27-16(2,3)4/h5,11-12,22H,1,6-10H2,2-4H3,(H,18,24)(H,20,25)/t11-,12-/m1/s1. The van der Waals surface area contributed by atoms with Crippen molar-refractivity contribution in [3.63, 3.8) is 0 Å². The second kappa shape index (κ2) is 12.6. The number of nitrogens with zero attached hydrogens (tertiary/aromatic N) is 3. The summed E-state index contributed by atoms with van der Waals surface area (Å²) in [6.45, 7) is 8.01. The maximum absolute atomic E-state index is 12.3. The normalized spacial score (nSPS) is 12.7. The van der Waals surface area contributed by atoms with Crippen LogP contribution in [0.15, 0.2) is 17.8 Å². The average Bonchev–Trinajstić information content (AvgIpc) is 2.55. The Bertz CT molecular complexity index is 568. The molecule has 0 spiro atoms. The van der Waals surface area contributed by atoms with E-state index in [1.54, 1.807) is 20.8 Å². The number of alkyl carbamates (subject to hydrolysis) is 1. The van der Waals surface area contributed by atoms with E-state index in [9.17, 15) is 19.5 Å². The van der Waals surface area contributed by atoms with Gasteiger partial charge in [0.05, 0.1) is 6.10 Å². The van der Waals surface area contributed by atoms with E-state index in [0.29, 0.717) is 0 Å². The Morgan fingerprint density at radius 1 is 1.37 bits per heavy atom. The summed E-state index contributed by atoms with van der Waals surface area (Å²) in [5.74, 6) is -1.37. The molecule has 0 radical (unpaired) electrons. The lowest BCUT2D eigenvalue weighted by molar-refractivity contribution is -0.143. The molecular weight excluding hydrogens is 358 g/mol. The minimum atomic E-state index is -1.16. The van der Waals surface area contributed by atoms with E-state index in [2.05, 4.69) is 27.2 Å². The third-order valence-corrected chi connectivity index (χ3v) is 2.91. The van der Waals surface area contributed by atoms with Gasteiger partial charge in [-0.15, -0.1) is 0 Å². The van der Waals surface area contributed by atoms with E-state index in [-0.39, 0.29) is 26.0 Å². The number of carbonyl (C=O) groups is 3. The fraction of sp³-hybridized carbons (Fsp3) is 0.688. The van der Waals surface area contributed by atoms with E-state index in [1.807, 2.05) is 0 Å². The van der Waals surface area contributed by atoms with Crippen molar-refractivity contribution < 1.29 is 29.0 Å². The minimum Gasteiger partial charge on any atom is -0.460 e. The summed E-state index contributed by atoms with van der Waals surface area (Å²) in [6, 6.07) is -1.16. The molecule has 0 aliphatic rings. The van der Waals surface area contributed by atoms with Crippen LogP contribution in [0, 0.1) is 0 Å². The van der Waals surface area contributed by atoms with Crippen molar-refractivity contribution in [2.24, 2.45) is 5.11 Å². The number of rotatable bonds is 11. The van der Waals surface area contributed by atoms with E-state index < -0.39 is 42.3 Å². The van der Waals surface area contributed by atoms with Crippen molar-refractivity contribution in [3.05, 3.63) is 23.1 Å². The molecule has 152 valence electrons. The molecule has 2 amide bonds. The van der Waals surface area contributed by atoms with E-state index in [4.69, 9.17) is 15.0 Å². The zero-order chi connectivity index (χ0) is 20.9. The average molecular weight is 385 g/mol. The minimum absolute atomic E-state index is 0.00636. The van der Waals surface area contributed by atoms with Gasteiger partial charge in [-0.25, -0.2) is 4.79 Å². The zero-order valence-corrected chi connectivity index (χ0v) is 15.8. The topological polar surface area (TPSA) is 163 Å². The number of hydrogen-bond donors (Lipinski definition) is 3. The molecule has 0 heterocycles. The number of azide groups is 1. The molecule has 0 aromatic rings. The number of esters is 1. The van der Waals surface area contributed by atoms with Gasteiger partial charge in [-0.3, -0.25) is 9.59 Å². The van der Waals surface area contributed by atoms with Gasteiger partial charge in [0.1, 0.15) is 24.8 Å². The van der Waals surface area contributed by atoms with E-state index in [0.717, 1.165) is 0 Å². The second-order valence-electron chi connectivity index (χ2n) is 6.52. The van der Waals surface area contributed by atoms with Gasteiger partial charge in [-0.05, 0) is 32.7 Å². The van der Waals surface area contributed by atoms with Gasteiger partial charge in [0.25, 0.3) is 0 Å². The maximum Gasteiger partial charge on any atom is 0.408 e. The summed E-state index contributed by atoms with van der Waals surface area (Å²) in [5, 5.41) is 18.0. The van der Waals surface area contributed by atoms with Crippen LogP contribution in [0.1, 0.15) is 33.6 Å². The van der Waals surface area contributed by atoms with Crippen molar-refractivity contribution >= 4 is 18.0 Å². The molecule has 3 N–H and O–H groups in total. The number of nitrogens with one attached hydrogen (secondary N) is 2. The summed E-state index contributed by atoms with van der Waals surface area (Å²) in [6.07, 6.45) is -0.543. The van der Waals surface area contributed by atoms with Gasteiger partial charge in [0.2, 0.25) is 5.91 Å². The van der Waals surface area contributed by atoms with Crippen LogP contribution in [0.2, 0.25) is 0 Å². The first-order valence-electron chi connectivity index (χ1n) is 8.31. The number of carbonyl (C=O) groups excluding carboxylic acids is 3. The highest BCUT2D eigenvalue weighted by atomic mass is 16.6. The lowest BCUT2D eigenvalue weighted by Crippen LogP contribution is -2.50. The molecule has 0 unspecified atom stereocenters. The number of amides is 2. The van der Waals surface area contributed by atoms with Crippen LogP contribution in [0.4, 0.5) is 4.79 Å². The third-order valence-electron chi connectivity index (χ3n) is 2.91. The predicted octanol–water partition coefficient (Wildman–Crippen LogP) is 1.18. The van der Waals surface area contributed by atoms with E-state index in [1.165, 1.54) is 6.08 Å². The largest absolute Gasteiger partial charge is 0.460 e. The fourth-order valence-corrected chi connectivity index (χ4v) is 1.81. The second-order valence-corrected chi connectivity index (χ2v) is 6.52. The van der Waals surface area contributed by atoms with Crippen molar-refractivity contribution in [1.29, 1.82) is 0 Å². The van der Waals surface area contributed by atoms with Crippen LogP contribution in [-0.2, 0) is 19.1 Å². The third kappa shape index (κ3) is 13.1. The number of ether oxygens (including phenoxy) is 2. The van der Waals surface area contributed by atoms with Gasteiger partial charge >= 0.3 is 12.1 Å². The van der Waals surface area contributed by atoms with Gasteiger partial charge in [-0.1, -0.05) is 17.8 Å². The maximum atomic E-state index is 12.3. The summed E-state index contributed by atoms with van der Waals surface area (Å²) in [7, 11) is 0. The molecule has 0 bridgehead atoms. The van der Waals surface area contributed by atoms with Gasteiger partial charge in [0, 0.05) is 17.9 Å². The molecule has 0 saturated carbocycles. The zero-order valence-electron chi connectivity index (χ0n) is 15.8. The highest BCUT2D eigenvalue weighted by Gasteiger charge is 2.26. The molecule has 0 aromatic carbocycles. The molecule has 0 aliphatic heterocycles. The molecule has 11 heteroatoms. The first-order valence-corrected chi connectivity index (χ1v) is 8.31. The monoisotopic (exact) mass is 385 g/mol. The van der Waals surface area contributed by atoms with Gasteiger partial charge in [0.15, 0.2) is 0 Å². The molecule has 0 rings (SSSR count). The van der Waals surface area contributed by atoms with Crippen LogP contribution in [0.3, 0.4) is 0 Å². The van der Waals surface area contributed by atoms with Crippen molar-refractivity contribution in [1.82, 2.24) is 10.6 Å². The Kier molecular flexibility index (Phi) is 11.3. The lowest BCUT2D eigenvalue weighted by Gasteiger charge is -2.24. The van der Waals surface area contributed by atoms with Crippen LogP contribution in [-0.4, -0.2) is 60.5 Å². The van der Waals surface area contributed by atoms with Crippen LogP contribution < -0.4 is 10.6 Å². The molecule has 0 saturated heterocycles. The molecular formula is C16H27N5O6. The molecule has 0 fully saturated rings. The quantitative estimate of drug-likeness (QED) is 0.159. The predicted molar refractivity (Wildman–Crippen MR) is 96.6 cm³/mol. The lowest BCUT2D eigenvalue weighted by atomic mass is 10.1. The van der Waals surface area contributed by atoms with Gasteiger partial charge < -0.3 is 25.2 Å². The Labute approximate surface area is 157 Å². The van der Waals surface area contributed by atoms with Crippen LogP contribution in [0.25, 0.3) is 10.4 Å². The smallest absolute Gasteiger partial charge is 0.408 e. The highest BCUT2D eigenvalue weighted by Crippen LogP contribution is 2.09. The number of hydrogen-bond acceptors (Lipinski definition) is 7. The molecule has 2 atom stereocenters. The molecule has 11 nitrogen and oxygen atoms in total. The molecule has 0 aliphatic carbocycles. The molecule has 0 aromatic heterocycles. The highest BCUT2D eigenvalue weighted by molar-refractivity contribution is 5.88. The first-order chi connectivity index (χ1) is 12.6. The van der Waals surface area contributed by atoms with Crippen molar-refractivity contribution in [3.8, 4) is 0 Å². The Morgan fingerprint density at radius 3 is 2.59 bits per heavy atom. The Balaban J connectivity index is 4.85. The Morgan fingerprint density at radius 2 is 2.04 bits per heavy atom. The summed E-state index contributed by atoms with van der Waals surface area (Å²) in [5.41, 5.74) is 7.47. The van der Waals surface area contributed by atoms with Crippen molar-refractivity contribution in [2.75, 3.05) is 19.7 Å². The van der Waals surface area contributed by atoms with E-state index >= 15 is 0 Å². The van der Waals surface area contributed by atoms with Crippen molar-refractivity contribution in [2.45, 2.75) is 51.4 Å². The van der Waals surface area contributed by atoms with Crippen LogP contribution in [0.5, 0.6) is 0 Å². The summed E-state index contributed by atoms with van der Waals surface area (Å²) >= 11 is 0. The van der Waals surface area contributed by atoms with Crippen LogP contribution >= 0.6 is 0 Å². The first kappa shape index (κ1) is 24.2. The number of aliphatic hydroxyl groups is 1.